The van der Waals surface area contributed by atoms with Gasteiger partial charge in [-0.2, -0.15) is 0 Å². The summed E-state index contributed by atoms with van der Waals surface area (Å²) in [4.78, 5) is 26.4. The summed E-state index contributed by atoms with van der Waals surface area (Å²) in [5.74, 6) is -1.80. The van der Waals surface area contributed by atoms with Crippen LogP contribution in [0.3, 0.4) is 0 Å². The Kier molecular flexibility index (Phi) is 6.35. The van der Waals surface area contributed by atoms with Crippen LogP contribution < -0.4 is 10.4 Å². The van der Waals surface area contributed by atoms with Crippen molar-refractivity contribution in [2.24, 2.45) is 5.92 Å². The highest BCUT2D eigenvalue weighted by atomic mass is 32.1. The van der Waals surface area contributed by atoms with Crippen molar-refractivity contribution in [1.82, 2.24) is 4.98 Å². The molecule has 0 saturated heterocycles. The van der Waals surface area contributed by atoms with Crippen LogP contribution in [0.4, 0.5) is 5.13 Å². The maximum Gasteiger partial charge on any atom is 0.226 e. The fourth-order valence-corrected chi connectivity index (χ4v) is 2.15. The number of amides is 1. The van der Waals surface area contributed by atoms with Crippen LogP contribution in [0.25, 0.3) is 0 Å². The standard InChI is InChI=1S/C12H18N2O3S/c1-2-3-4-9(11(16)17)5-6-10(15)14-12-13-7-8-18-12/h7-9H,2-6H2,1H3,(H,16,17)(H,13,14,15)/p-1/t9-/m1/s1. The summed E-state index contributed by atoms with van der Waals surface area (Å²) in [6.45, 7) is 2.00. The third kappa shape index (κ3) is 5.27. The van der Waals surface area contributed by atoms with E-state index in [0.29, 0.717) is 18.0 Å². The lowest BCUT2D eigenvalue weighted by Crippen LogP contribution is -2.32. The Morgan fingerprint density at radius 1 is 1.50 bits per heavy atom. The van der Waals surface area contributed by atoms with Gasteiger partial charge >= 0.3 is 0 Å². The van der Waals surface area contributed by atoms with Crippen molar-refractivity contribution in [3.63, 3.8) is 0 Å². The topological polar surface area (TPSA) is 82.1 Å². The van der Waals surface area contributed by atoms with Crippen LogP contribution in [0.15, 0.2) is 11.6 Å². The Balaban J connectivity index is 2.32. The zero-order chi connectivity index (χ0) is 13.4. The third-order valence-electron chi connectivity index (χ3n) is 2.64. The minimum absolute atomic E-state index is 0.182. The molecule has 1 aromatic rings. The Hall–Kier alpha value is -1.43. The molecule has 0 unspecified atom stereocenters. The Morgan fingerprint density at radius 2 is 2.28 bits per heavy atom. The van der Waals surface area contributed by atoms with Crippen molar-refractivity contribution < 1.29 is 14.7 Å². The molecule has 0 saturated carbocycles. The lowest BCUT2D eigenvalue weighted by Gasteiger charge is -2.16. The van der Waals surface area contributed by atoms with Crippen molar-refractivity contribution in [2.75, 3.05) is 5.32 Å². The first-order valence-corrected chi connectivity index (χ1v) is 6.91. The number of nitrogens with zero attached hydrogens (tertiary/aromatic N) is 1. The number of carboxylic acid groups (broad SMARTS) is 1. The second kappa shape index (κ2) is 7.81. The summed E-state index contributed by atoms with van der Waals surface area (Å²) in [7, 11) is 0. The Labute approximate surface area is 110 Å². The molecular formula is C12H17N2O3S-. The number of thiazole rings is 1. The average molecular weight is 269 g/mol. The lowest BCUT2D eigenvalue weighted by atomic mass is 9.97. The average Bonchev–Trinajstić information content (AvgIpc) is 2.81. The highest BCUT2D eigenvalue weighted by Gasteiger charge is 2.12. The van der Waals surface area contributed by atoms with Crippen LogP contribution in [0.5, 0.6) is 0 Å². The molecule has 1 amide bonds. The van der Waals surface area contributed by atoms with Crippen LogP contribution >= 0.6 is 11.3 Å². The normalized spacial score (nSPS) is 12.1. The van der Waals surface area contributed by atoms with Gasteiger partial charge in [0.2, 0.25) is 5.91 Å². The minimum atomic E-state index is -1.06. The molecule has 1 atom stereocenters. The van der Waals surface area contributed by atoms with E-state index in [1.54, 1.807) is 11.6 Å². The number of nitrogens with one attached hydrogen (secondary N) is 1. The Bertz CT molecular complexity index is 379. The van der Waals surface area contributed by atoms with Crippen LogP contribution in [0.2, 0.25) is 0 Å². The predicted molar refractivity (Wildman–Crippen MR) is 68.0 cm³/mol. The van der Waals surface area contributed by atoms with Gasteiger partial charge in [-0.25, -0.2) is 4.98 Å². The summed E-state index contributed by atoms with van der Waals surface area (Å²) in [6, 6.07) is 0. The molecule has 0 spiro atoms. The summed E-state index contributed by atoms with van der Waals surface area (Å²) >= 11 is 1.33. The van der Waals surface area contributed by atoms with E-state index in [0.717, 1.165) is 12.8 Å². The molecule has 1 rings (SSSR count). The molecule has 5 nitrogen and oxygen atoms in total. The maximum absolute atomic E-state index is 11.6. The smallest absolute Gasteiger partial charge is 0.226 e. The summed E-state index contributed by atoms with van der Waals surface area (Å²) in [5.41, 5.74) is 0. The summed E-state index contributed by atoms with van der Waals surface area (Å²) in [6.07, 6.45) is 4.46. The Morgan fingerprint density at radius 3 is 2.83 bits per heavy atom. The van der Waals surface area contributed by atoms with Crippen molar-refractivity contribution in [2.45, 2.75) is 39.0 Å². The fraction of sp³-hybridized carbons (Fsp3) is 0.583. The number of aliphatic carboxylic acids is 1. The summed E-state index contributed by atoms with van der Waals surface area (Å²) in [5, 5.41) is 15.8. The van der Waals surface area contributed by atoms with E-state index < -0.39 is 11.9 Å². The van der Waals surface area contributed by atoms with Gasteiger partial charge in [0.1, 0.15) is 0 Å². The number of anilines is 1. The van der Waals surface area contributed by atoms with Crippen LogP contribution in [-0.4, -0.2) is 16.9 Å². The predicted octanol–water partition coefficient (Wildman–Crippen LogP) is 1.42. The van der Waals surface area contributed by atoms with Gasteiger partial charge in [0, 0.05) is 24.0 Å². The molecule has 0 aliphatic rings. The monoisotopic (exact) mass is 269 g/mol. The highest BCUT2D eigenvalue weighted by Crippen LogP contribution is 2.16. The van der Waals surface area contributed by atoms with Gasteiger partial charge in [-0.3, -0.25) is 4.79 Å². The van der Waals surface area contributed by atoms with E-state index >= 15 is 0 Å². The van der Waals surface area contributed by atoms with Gasteiger partial charge < -0.3 is 15.2 Å². The van der Waals surface area contributed by atoms with Crippen molar-refractivity contribution in [3.05, 3.63) is 11.6 Å². The lowest BCUT2D eigenvalue weighted by molar-refractivity contribution is -0.312. The van der Waals surface area contributed by atoms with E-state index in [1.165, 1.54) is 11.3 Å². The van der Waals surface area contributed by atoms with Gasteiger partial charge in [-0.15, -0.1) is 11.3 Å². The molecule has 0 radical (unpaired) electrons. The molecule has 0 aromatic carbocycles. The fourth-order valence-electron chi connectivity index (χ4n) is 1.60. The zero-order valence-corrected chi connectivity index (χ0v) is 11.2. The van der Waals surface area contributed by atoms with Gasteiger partial charge in [0.05, 0.1) is 0 Å². The SMILES string of the molecule is CCCC[C@H](CCC(=O)Nc1nccs1)C(=O)[O-]. The first-order chi connectivity index (χ1) is 8.63. The van der Waals surface area contributed by atoms with Crippen molar-refractivity contribution in [3.8, 4) is 0 Å². The van der Waals surface area contributed by atoms with Crippen molar-refractivity contribution >= 4 is 28.3 Å². The molecule has 1 N–H and O–H groups in total. The molecule has 1 heterocycles. The van der Waals surface area contributed by atoms with Gasteiger partial charge in [-0.05, 0) is 18.8 Å². The number of unbranched alkanes of at least 4 members (excludes halogenated alkanes) is 1. The molecule has 1 aromatic heterocycles. The second-order valence-corrected chi connectivity index (χ2v) is 4.98. The molecule has 18 heavy (non-hydrogen) atoms. The molecule has 0 fully saturated rings. The highest BCUT2D eigenvalue weighted by molar-refractivity contribution is 7.13. The van der Waals surface area contributed by atoms with E-state index in [1.807, 2.05) is 6.92 Å². The molecule has 6 heteroatoms. The van der Waals surface area contributed by atoms with Crippen LogP contribution in [-0.2, 0) is 9.59 Å². The molecule has 0 aliphatic heterocycles. The largest absolute Gasteiger partial charge is 0.550 e. The summed E-state index contributed by atoms with van der Waals surface area (Å²) < 4.78 is 0. The van der Waals surface area contributed by atoms with E-state index in [4.69, 9.17) is 0 Å². The number of hydrogen-bond acceptors (Lipinski definition) is 5. The number of rotatable bonds is 8. The number of carbonyl (C=O) groups is 2. The number of carboxylic acids is 1. The minimum Gasteiger partial charge on any atom is -0.550 e. The van der Waals surface area contributed by atoms with Gasteiger partial charge in [0.25, 0.3) is 0 Å². The second-order valence-electron chi connectivity index (χ2n) is 4.08. The molecule has 0 bridgehead atoms. The van der Waals surface area contributed by atoms with Crippen LogP contribution in [0.1, 0.15) is 39.0 Å². The van der Waals surface area contributed by atoms with E-state index in [2.05, 4.69) is 10.3 Å². The van der Waals surface area contributed by atoms with E-state index in [9.17, 15) is 14.7 Å². The zero-order valence-electron chi connectivity index (χ0n) is 10.3. The molecular weight excluding hydrogens is 252 g/mol. The van der Waals surface area contributed by atoms with Crippen molar-refractivity contribution in [1.29, 1.82) is 0 Å². The van der Waals surface area contributed by atoms with Gasteiger partial charge in [0.15, 0.2) is 5.13 Å². The molecule has 100 valence electrons. The first kappa shape index (κ1) is 14.6. The molecule has 0 aliphatic carbocycles. The van der Waals surface area contributed by atoms with E-state index in [-0.39, 0.29) is 12.3 Å². The maximum atomic E-state index is 11.6. The number of carbonyl (C=O) groups excluding carboxylic acids is 2. The quantitative estimate of drug-likeness (QED) is 0.773. The first-order valence-electron chi connectivity index (χ1n) is 6.03. The number of aromatic nitrogens is 1. The third-order valence-corrected chi connectivity index (χ3v) is 3.33. The number of hydrogen-bond donors (Lipinski definition) is 1. The van der Waals surface area contributed by atoms with Gasteiger partial charge in [-0.1, -0.05) is 19.8 Å². The van der Waals surface area contributed by atoms with Crippen LogP contribution in [0, 0.1) is 5.92 Å².